The predicted octanol–water partition coefficient (Wildman–Crippen LogP) is 6.63. The summed E-state index contributed by atoms with van der Waals surface area (Å²) in [6.45, 7) is 4.25. The fraction of sp³-hybridized carbons (Fsp3) is 0.308. The van der Waals surface area contributed by atoms with Crippen LogP contribution in [0.3, 0.4) is 0 Å². The van der Waals surface area contributed by atoms with Gasteiger partial charge >= 0.3 is 0 Å². The molecule has 5 rings (SSSR count). The lowest BCUT2D eigenvalue weighted by Gasteiger charge is -2.37. The maximum absolute atomic E-state index is 7.17. The number of para-hydroxylation sites is 1. The largest absolute Gasteiger partial charge is 0.493 e. The number of fused-ring (bicyclic) bond motifs is 2. The molecule has 2 aliphatic rings. The first kappa shape index (κ1) is 20.5. The van der Waals surface area contributed by atoms with E-state index in [1.165, 1.54) is 11.1 Å². The first-order valence-corrected chi connectivity index (χ1v) is 11.0. The van der Waals surface area contributed by atoms with Crippen molar-refractivity contribution < 1.29 is 14.2 Å². The van der Waals surface area contributed by atoms with Crippen molar-refractivity contribution in [3.8, 4) is 17.2 Å². The standard InChI is InChI=1S/C26H24Cl2O3/c1-16-9-5-6-10-18(16)23-19-11-7-8-12-20(19)31-25(24(23,2)26(25,27)28)17-13-14-21(29-3)22(15-17)30-4/h5-15,23H,1-4H3/t23-,24+,25-/m1/s1. The van der Waals surface area contributed by atoms with E-state index in [9.17, 15) is 0 Å². The summed E-state index contributed by atoms with van der Waals surface area (Å²) in [5.74, 6) is 2.02. The highest BCUT2D eigenvalue weighted by Crippen LogP contribution is 2.85. The van der Waals surface area contributed by atoms with Crippen molar-refractivity contribution in [3.63, 3.8) is 0 Å². The van der Waals surface area contributed by atoms with Gasteiger partial charge < -0.3 is 14.2 Å². The number of hydrogen-bond acceptors (Lipinski definition) is 3. The molecule has 1 fully saturated rings. The van der Waals surface area contributed by atoms with Gasteiger partial charge in [0.1, 0.15) is 5.75 Å². The molecule has 3 atom stereocenters. The van der Waals surface area contributed by atoms with Crippen LogP contribution < -0.4 is 14.2 Å². The van der Waals surface area contributed by atoms with Gasteiger partial charge in [-0.1, -0.05) is 78.7 Å². The van der Waals surface area contributed by atoms with Gasteiger partial charge in [0.25, 0.3) is 0 Å². The molecule has 1 saturated carbocycles. The van der Waals surface area contributed by atoms with E-state index in [1.54, 1.807) is 14.2 Å². The van der Waals surface area contributed by atoms with Crippen LogP contribution in [0, 0.1) is 12.3 Å². The highest BCUT2D eigenvalue weighted by atomic mass is 35.5. The molecule has 0 N–H and O–H groups in total. The van der Waals surface area contributed by atoms with Gasteiger partial charge in [0, 0.05) is 17.0 Å². The minimum Gasteiger partial charge on any atom is -0.493 e. The van der Waals surface area contributed by atoms with Gasteiger partial charge in [-0.15, -0.1) is 0 Å². The fourth-order valence-electron chi connectivity index (χ4n) is 5.44. The molecule has 0 spiro atoms. The average molecular weight is 455 g/mol. The van der Waals surface area contributed by atoms with E-state index in [0.29, 0.717) is 11.5 Å². The molecular weight excluding hydrogens is 431 g/mol. The van der Waals surface area contributed by atoms with Gasteiger partial charge in [-0.05, 0) is 36.2 Å². The second-order valence-electron chi connectivity index (χ2n) is 8.46. The minimum atomic E-state index is -1.16. The normalized spacial score (nSPS) is 27.5. The quantitative estimate of drug-likeness (QED) is 0.414. The van der Waals surface area contributed by atoms with E-state index in [0.717, 1.165) is 16.9 Å². The summed E-state index contributed by atoms with van der Waals surface area (Å²) in [6.07, 6.45) is 0. The molecule has 0 amide bonds. The summed E-state index contributed by atoms with van der Waals surface area (Å²) < 4.78 is 16.5. The first-order valence-electron chi connectivity index (χ1n) is 10.3. The van der Waals surface area contributed by atoms with Crippen LogP contribution in [0.15, 0.2) is 66.7 Å². The third kappa shape index (κ3) is 2.42. The first-order chi connectivity index (χ1) is 14.8. The molecule has 0 bridgehead atoms. The van der Waals surface area contributed by atoms with Crippen molar-refractivity contribution in [1.82, 2.24) is 0 Å². The smallest absolute Gasteiger partial charge is 0.177 e. The van der Waals surface area contributed by atoms with Crippen molar-refractivity contribution >= 4 is 23.2 Å². The lowest BCUT2D eigenvalue weighted by Crippen LogP contribution is -2.33. The van der Waals surface area contributed by atoms with Crippen LogP contribution in [0.2, 0.25) is 0 Å². The summed E-state index contributed by atoms with van der Waals surface area (Å²) in [5, 5.41) is 0. The number of hydrogen-bond donors (Lipinski definition) is 0. The SMILES string of the molecule is COc1ccc([C@@]23Oc4ccccc4[C@@H](c4ccccc4C)[C@]2(C)C3(Cl)Cl)cc1OC. The van der Waals surface area contributed by atoms with Gasteiger partial charge in [0.2, 0.25) is 0 Å². The van der Waals surface area contributed by atoms with E-state index < -0.39 is 15.3 Å². The van der Waals surface area contributed by atoms with Crippen molar-refractivity contribution in [2.45, 2.75) is 29.7 Å². The Morgan fingerprint density at radius 2 is 1.48 bits per heavy atom. The van der Waals surface area contributed by atoms with E-state index >= 15 is 0 Å². The molecule has 0 aromatic heterocycles. The zero-order valence-electron chi connectivity index (χ0n) is 17.9. The second kappa shape index (κ2) is 6.82. The number of ether oxygens (including phenoxy) is 3. The molecule has 1 aliphatic heterocycles. The third-order valence-corrected chi connectivity index (χ3v) is 8.44. The highest BCUT2D eigenvalue weighted by molar-refractivity contribution is 6.53. The van der Waals surface area contributed by atoms with Crippen LogP contribution in [0.1, 0.15) is 35.1 Å². The summed E-state index contributed by atoms with van der Waals surface area (Å²) >= 11 is 14.3. The van der Waals surface area contributed by atoms with Crippen LogP contribution in [-0.4, -0.2) is 18.6 Å². The Hall–Kier alpha value is -2.36. The molecule has 31 heavy (non-hydrogen) atoms. The third-order valence-electron chi connectivity index (χ3n) is 7.12. The fourth-order valence-corrected chi connectivity index (χ4v) is 6.52. The summed E-state index contributed by atoms with van der Waals surface area (Å²) in [7, 11) is 3.24. The summed E-state index contributed by atoms with van der Waals surface area (Å²) in [5.41, 5.74) is 2.81. The molecular formula is C26H24Cl2O3. The van der Waals surface area contributed by atoms with Crippen molar-refractivity contribution in [1.29, 1.82) is 0 Å². The zero-order valence-corrected chi connectivity index (χ0v) is 19.4. The van der Waals surface area contributed by atoms with Crippen LogP contribution in [0.5, 0.6) is 17.2 Å². The molecule has 3 nitrogen and oxygen atoms in total. The van der Waals surface area contributed by atoms with Crippen molar-refractivity contribution in [2.75, 3.05) is 14.2 Å². The Balaban J connectivity index is 1.78. The highest BCUT2D eigenvalue weighted by Gasteiger charge is 2.91. The average Bonchev–Trinajstić information content (AvgIpc) is 3.19. The number of halogens is 2. The van der Waals surface area contributed by atoms with E-state index in [2.05, 4.69) is 44.2 Å². The molecule has 160 valence electrons. The number of rotatable bonds is 4. The maximum atomic E-state index is 7.17. The molecule has 1 heterocycles. The second-order valence-corrected chi connectivity index (χ2v) is 9.78. The van der Waals surface area contributed by atoms with Crippen LogP contribution in [-0.2, 0) is 5.60 Å². The maximum Gasteiger partial charge on any atom is 0.177 e. The molecule has 0 radical (unpaired) electrons. The van der Waals surface area contributed by atoms with Crippen LogP contribution in [0.25, 0.3) is 0 Å². The van der Waals surface area contributed by atoms with Crippen LogP contribution in [0.4, 0.5) is 0 Å². The van der Waals surface area contributed by atoms with Crippen LogP contribution >= 0.6 is 23.2 Å². The predicted molar refractivity (Wildman–Crippen MR) is 124 cm³/mol. The topological polar surface area (TPSA) is 27.7 Å². The molecule has 0 unspecified atom stereocenters. The Labute approximate surface area is 192 Å². The van der Waals surface area contributed by atoms with Crippen molar-refractivity contribution in [3.05, 3.63) is 89.0 Å². The monoisotopic (exact) mass is 454 g/mol. The molecule has 5 heteroatoms. The van der Waals surface area contributed by atoms with E-state index in [4.69, 9.17) is 37.4 Å². The van der Waals surface area contributed by atoms with Gasteiger partial charge in [-0.3, -0.25) is 0 Å². The number of alkyl halides is 2. The van der Waals surface area contributed by atoms with Gasteiger partial charge in [0.15, 0.2) is 21.4 Å². The van der Waals surface area contributed by atoms with Gasteiger partial charge in [-0.25, -0.2) is 0 Å². The Morgan fingerprint density at radius 3 is 2.16 bits per heavy atom. The number of aryl methyl sites for hydroxylation is 1. The summed E-state index contributed by atoms with van der Waals surface area (Å²) in [4.78, 5) is 0. The number of methoxy groups -OCH3 is 2. The Morgan fingerprint density at radius 1 is 0.839 bits per heavy atom. The molecule has 0 saturated heterocycles. The van der Waals surface area contributed by atoms with E-state index in [1.807, 2.05) is 36.4 Å². The molecule has 3 aromatic rings. The number of benzene rings is 3. The molecule has 1 aliphatic carbocycles. The van der Waals surface area contributed by atoms with Crippen molar-refractivity contribution in [2.24, 2.45) is 5.41 Å². The van der Waals surface area contributed by atoms with Gasteiger partial charge in [-0.2, -0.15) is 0 Å². The van der Waals surface area contributed by atoms with Gasteiger partial charge in [0.05, 0.1) is 19.6 Å². The molecule has 3 aromatic carbocycles. The lowest BCUT2D eigenvalue weighted by molar-refractivity contribution is 0.101. The zero-order chi connectivity index (χ0) is 22.0. The Kier molecular flexibility index (Phi) is 4.52. The minimum absolute atomic E-state index is 0.0400. The summed E-state index contributed by atoms with van der Waals surface area (Å²) in [6, 6.07) is 22.3. The Bertz CT molecular complexity index is 1170. The lowest BCUT2D eigenvalue weighted by atomic mass is 9.73. The van der Waals surface area contributed by atoms with E-state index in [-0.39, 0.29) is 5.92 Å².